The zero-order valence-corrected chi connectivity index (χ0v) is 12.8. The lowest BCUT2D eigenvalue weighted by Crippen LogP contribution is -1.92. The third kappa shape index (κ3) is 3.46. The van der Waals surface area contributed by atoms with Crippen molar-refractivity contribution >= 4 is 17.3 Å². The van der Waals surface area contributed by atoms with Crippen molar-refractivity contribution in [1.29, 1.82) is 5.26 Å². The minimum absolute atomic E-state index is 0.171. The van der Waals surface area contributed by atoms with E-state index in [1.807, 2.05) is 18.2 Å². The molecule has 0 aliphatic rings. The molecule has 0 saturated carbocycles. The van der Waals surface area contributed by atoms with Crippen LogP contribution in [-0.2, 0) is 0 Å². The zero-order chi connectivity index (χ0) is 17.8. The van der Waals surface area contributed by atoms with Crippen molar-refractivity contribution in [3.63, 3.8) is 0 Å². The second-order valence-corrected chi connectivity index (χ2v) is 5.16. The highest BCUT2D eigenvalue weighted by Crippen LogP contribution is 2.32. The molecule has 0 atom stereocenters. The van der Waals surface area contributed by atoms with E-state index < -0.39 is 10.7 Å². The van der Waals surface area contributed by atoms with Gasteiger partial charge >= 0.3 is 0 Å². The van der Waals surface area contributed by atoms with Crippen LogP contribution in [0, 0.1) is 27.3 Å². The predicted octanol–water partition coefficient (Wildman–Crippen LogP) is 5.06. The lowest BCUT2D eigenvalue weighted by molar-refractivity contribution is -0.384. The molecular weight excluding hydrogens is 323 g/mol. The Balaban J connectivity index is 2.00. The largest absolute Gasteiger partial charge is 0.456 e. The fourth-order valence-corrected chi connectivity index (χ4v) is 2.38. The summed E-state index contributed by atoms with van der Waals surface area (Å²) in [6.45, 7) is 0. The Labute approximate surface area is 142 Å². The predicted molar refractivity (Wildman–Crippen MR) is 90.7 cm³/mol. The van der Waals surface area contributed by atoms with Gasteiger partial charge in [-0.2, -0.15) is 5.26 Å². The van der Waals surface area contributed by atoms with Gasteiger partial charge in [0.05, 0.1) is 28.2 Å². The Kier molecular flexibility index (Phi) is 4.40. The smallest absolute Gasteiger partial charge is 0.283 e. The number of benzene rings is 2. The van der Waals surface area contributed by atoms with Gasteiger partial charge in [0.2, 0.25) is 0 Å². The van der Waals surface area contributed by atoms with Gasteiger partial charge in [0.25, 0.3) is 5.69 Å². The molecule has 0 saturated heterocycles. The van der Waals surface area contributed by atoms with E-state index in [-0.39, 0.29) is 17.0 Å². The lowest BCUT2D eigenvalue weighted by Gasteiger charge is -2.00. The number of hydrogen-bond donors (Lipinski definition) is 0. The van der Waals surface area contributed by atoms with Crippen LogP contribution in [0.4, 0.5) is 10.1 Å². The van der Waals surface area contributed by atoms with Crippen LogP contribution in [-0.4, -0.2) is 4.92 Å². The molecule has 0 aliphatic heterocycles. The summed E-state index contributed by atoms with van der Waals surface area (Å²) in [6, 6.07) is 17.6. The summed E-state index contributed by atoms with van der Waals surface area (Å²) in [5, 5.41) is 20.4. The molecule has 122 valence electrons. The first-order valence-corrected chi connectivity index (χ1v) is 7.30. The highest BCUT2D eigenvalue weighted by Gasteiger charge is 2.19. The van der Waals surface area contributed by atoms with Crippen molar-refractivity contribution in [3.8, 4) is 17.4 Å². The molecule has 5 nitrogen and oxygen atoms in total. The fourth-order valence-electron chi connectivity index (χ4n) is 2.38. The molecule has 0 fully saturated rings. The van der Waals surface area contributed by atoms with E-state index in [1.165, 1.54) is 6.07 Å². The van der Waals surface area contributed by atoms with Gasteiger partial charge in [-0.1, -0.05) is 30.3 Å². The number of nitriles is 1. The van der Waals surface area contributed by atoms with Crippen molar-refractivity contribution in [2.45, 2.75) is 0 Å². The van der Waals surface area contributed by atoms with Crippen LogP contribution < -0.4 is 0 Å². The summed E-state index contributed by atoms with van der Waals surface area (Å²) in [7, 11) is 0. The quantitative estimate of drug-likeness (QED) is 0.379. The number of rotatable bonds is 4. The molecule has 0 aliphatic carbocycles. The summed E-state index contributed by atoms with van der Waals surface area (Å²) < 4.78 is 18.9. The van der Waals surface area contributed by atoms with Crippen molar-refractivity contribution in [1.82, 2.24) is 0 Å². The second kappa shape index (κ2) is 6.81. The molecule has 0 radical (unpaired) electrons. The summed E-state index contributed by atoms with van der Waals surface area (Å²) in [4.78, 5) is 10.4. The van der Waals surface area contributed by atoms with E-state index in [1.54, 1.807) is 30.3 Å². The average Bonchev–Trinajstić information content (AvgIpc) is 3.08. The molecule has 0 unspecified atom stereocenters. The van der Waals surface area contributed by atoms with Gasteiger partial charge in [0.15, 0.2) is 0 Å². The molecule has 3 aromatic rings. The highest BCUT2D eigenvalue weighted by atomic mass is 19.1. The van der Waals surface area contributed by atoms with Crippen LogP contribution in [0.5, 0.6) is 0 Å². The molecule has 6 heteroatoms. The first-order chi connectivity index (χ1) is 12.1. The Morgan fingerprint density at radius 1 is 1.16 bits per heavy atom. The summed E-state index contributed by atoms with van der Waals surface area (Å²) in [6.07, 6.45) is 1.55. The van der Waals surface area contributed by atoms with Gasteiger partial charge < -0.3 is 4.42 Å². The number of nitrogens with zero attached hydrogens (tertiary/aromatic N) is 2. The van der Waals surface area contributed by atoms with Crippen LogP contribution in [0.3, 0.4) is 0 Å². The summed E-state index contributed by atoms with van der Waals surface area (Å²) >= 11 is 0. The van der Waals surface area contributed by atoms with Gasteiger partial charge in [-0.3, -0.25) is 10.1 Å². The number of allylic oxidation sites excluding steroid dienone is 1. The SMILES string of the molecule is N#C/C(=C/c1ccc(-c2ccc(F)cc2[N+](=O)[O-])o1)c1ccccc1. The number of furan rings is 1. The third-order valence-electron chi connectivity index (χ3n) is 3.54. The lowest BCUT2D eigenvalue weighted by atomic mass is 10.1. The maximum absolute atomic E-state index is 13.3. The maximum atomic E-state index is 13.3. The van der Waals surface area contributed by atoms with E-state index >= 15 is 0 Å². The van der Waals surface area contributed by atoms with E-state index in [0.717, 1.165) is 17.7 Å². The number of hydrogen-bond acceptors (Lipinski definition) is 4. The van der Waals surface area contributed by atoms with Crippen LogP contribution in [0.1, 0.15) is 11.3 Å². The van der Waals surface area contributed by atoms with E-state index in [4.69, 9.17) is 4.42 Å². The van der Waals surface area contributed by atoms with Crippen molar-refractivity contribution < 1.29 is 13.7 Å². The number of nitro groups is 1. The van der Waals surface area contributed by atoms with E-state index in [2.05, 4.69) is 6.07 Å². The highest BCUT2D eigenvalue weighted by molar-refractivity contribution is 5.89. The number of halogens is 1. The number of nitro benzene ring substituents is 1. The molecule has 25 heavy (non-hydrogen) atoms. The van der Waals surface area contributed by atoms with Gasteiger partial charge in [-0.15, -0.1) is 0 Å². The van der Waals surface area contributed by atoms with Crippen molar-refractivity contribution in [2.75, 3.05) is 0 Å². The Morgan fingerprint density at radius 3 is 2.60 bits per heavy atom. The fraction of sp³-hybridized carbons (Fsp3) is 0. The molecule has 0 N–H and O–H groups in total. The van der Waals surface area contributed by atoms with Gasteiger partial charge in [-0.05, 0) is 35.9 Å². The molecule has 1 aromatic heterocycles. The average molecular weight is 334 g/mol. The normalized spacial score (nSPS) is 11.1. The zero-order valence-electron chi connectivity index (χ0n) is 12.8. The van der Waals surface area contributed by atoms with Crippen LogP contribution in [0.2, 0.25) is 0 Å². The molecule has 2 aromatic carbocycles. The molecule has 3 rings (SSSR count). The monoisotopic (exact) mass is 334 g/mol. The first kappa shape index (κ1) is 16.1. The maximum Gasteiger partial charge on any atom is 0.283 e. The first-order valence-electron chi connectivity index (χ1n) is 7.30. The molecule has 0 bridgehead atoms. The minimum Gasteiger partial charge on any atom is -0.456 e. The summed E-state index contributed by atoms with van der Waals surface area (Å²) in [5.74, 6) is -0.102. The van der Waals surface area contributed by atoms with Crippen molar-refractivity contribution in [3.05, 3.63) is 87.9 Å². The van der Waals surface area contributed by atoms with Gasteiger partial charge in [0.1, 0.15) is 17.3 Å². The van der Waals surface area contributed by atoms with Crippen LogP contribution in [0.25, 0.3) is 23.0 Å². The van der Waals surface area contributed by atoms with E-state index in [0.29, 0.717) is 11.3 Å². The Bertz CT molecular complexity index is 1000. The summed E-state index contributed by atoms with van der Waals surface area (Å²) in [5.41, 5.74) is 0.920. The Morgan fingerprint density at radius 2 is 1.92 bits per heavy atom. The molecule has 1 heterocycles. The van der Waals surface area contributed by atoms with Crippen molar-refractivity contribution in [2.24, 2.45) is 0 Å². The standard InChI is InChI=1S/C19H11FN2O3/c20-15-6-8-17(18(11-15)22(23)24)19-9-7-16(25-19)10-14(12-21)13-4-2-1-3-5-13/h1-11H/b14-10-. The topological polar surface area (TPSA) is 80.1 Å². The van der Waals surface area contributed by atoms with Gasteiger partial charge in [0, 0.05) is 0 Å². The third-order valence-corrected chi connectivity index (χ3v) is 3.54. The second-order valence-electron chi connectivity index (χ2n) is 5.16. The molecular formula is C19H11FN2O3. The Hall–Kier alpha value is -3.72. The van der Waals surface area contributed by atoms with Crippen LogP contribution in [0.15, 0.2) is 65.1 Å². The van der Waals surface area contributed by atoms with E-state index in [9.17, 15) is 19.8 Å². The van der Waals surface area contributed by atoms with Crippen LogP contribution >= 0.6 is 0 Å². The molecule has 0 amide bonds. The van der Waals surface area contributed by atoms with Gasteiger partial charge in [-0.25, -0.2) is 4.39 Å². The molecule has 0 spiro atoms. The minimum atomic E-state index is -0.696.